The van der Waals surface area contributed by atoms with E-state index in [1.54, 1.807) is 38.8 Å². The van der Waals surface area contributed by atoms with Crippen molar-refractivity contribution in [2.24, 2.45) is 4.99 Å². The van der Waals surface area contributed by atoms with Crippen molar-refractivity contribution in [2.75, 3.05) is 14.2 Å². The Morgan fingerprint density at radius 3 is 2.83 bits per heavy atom. The van der Waals surface area contributed by atoms with Gasteiger partial charge in [-0.25, -0.2) is 0 Å². The molecule has 0 spiro atoms. The van der Waals surface area contributed by atoms with Gasteiger partial charge in [0.15, 0.2) is 11.5 Å². The second kappa shape index (κ2) is 5.15. The van der Waals surface area contributed by atoms with Gasteiger partial charge in [-0.1, -0.05) is 0 Å². The van der Waals surface area contributed by atoms with Crippen LogP contribution in [0.5, 0.6) is 11.5 Å². The first-order chi connectivity index (χ1) is 11.2. The normalized spacial score (nSPS) is 18.8. The van der Waals surface area contributed by atoms with Crippen molar-refractivity contribution in [1.29, 1.82) is 0 Å². The van der Waals surface area contributed by atoms with Crippen LogP contribution in [-0.4, -0.2) is 37.3 Å². The lowest BCUT2D eigenvalue weighted by Gasteiger charge is -2.31. The molecular formula is C17H16N2O4. The van der Waals surface area contributed by atoms with Crippen LogP contribution in [-0.2, 0) is 13.0 Å². The average molecular weight is 312 g/mol. The van der Waals surface area contributed by atoms with Crippen LogP contribution in [0.2, 0.25) is 0 Å². The van der Waals surface area contributed by atoms with Gasteiger partial charge in [0.05, 0.1) is 44.3 Å². The molecule has 0 unspecified atom stereocenters. The molecule has 0 saturated heterocycles. The summed E-state index contributed by atoms with van der Waals surface area (Å²) in [5, 5.41) is 0. The summed E-state index contributed by atoms with van der Waals surface area (Å²) in [5.74, 6) is 1.94. The van der Waals surface area contributed by atoms with E-state index in [9.17, 15) is 4.79 Å². The van der Waals surface area contributed by atoms with Crippen LogP contribution < -0.4 is 9.47 Å². The predicted octanol–water partition coefficient (Wildman–Crippen LogP) is 2.58. The monoisotopic (exact) mass is 312 g/mol. The Bertz CT molecular complexity index is 809. The van der Waals surface area contributed by atoms with Crippen molar-refractivity contribution in [2.45, 2.75) is 19.0 Å². The van der Waals surface area contributed by atoms with Gasteiger partial charge in [0.25, 0.3) is 5.91 Å². The standard InChI is InChI=1S/C17H16N2O4/c1-21-15-6-12-13(7-16(15)22-2)18-8-11-5-14-10(3-4-23-14)9-19(11)17(12)20/h3-4,6-8,11H,5,9H2,1-2H3/t11-/m0/s1. The molecule has 1 aromatic carbocycles. The molecule has 3 heterocycles. The van der Waals surface area contributed by atoms with Gasteiger partial charge in [-0.05, 0) is 12.1 Å². The maximum absolute atomic E-state index is 13.0. The summed E-state index contributed by atoms with van der Waals surface area (Å²) in [5.41, 5.74) is 2.17. The Hall–Kier alpha value is -2.76. The minimum atomic E-state index is -0.106. The molecule has 1 aromatic heterocycles. The predicted molar refractivity (Wildman–Crippen MR) is 83.8 cm³/mol. The van der Waals surface area contributed by atoms with Crippen molar-refractivity contribution in [3.8, 4) is 11.5 Å². The number of hydrogen-bond acceptors (Lipinski definition) is 5. The summed E-state index contributed by atoms with van der Waals surface area (Å²) in [4.78, 5) is 19.3. The second-order valence-corrected chi connectivity index (χ2v) is 5.58. The Morgan fingerprint density at radius 1 is 1.26 bits per heavy atom. The van der Waals surface area contributed by atoms with E-state index in [1.807, 2.05) is 11.0 Å². The maximum Gasteiger partial charge on any atom is 0.257 e. The first-order valence-corrected chi connectivity index (χ1v) is 7.37. The number of methoxy groups -OCH3 is 2. The molecule has 2 aromatic rings. The molecule has 6 heteroatoms. The molecular weight excluding hydrogens is 296 g/mol. The molecule has 0 fully saturated rings. The Morgan fingerprint density at radius 2 is 2.04 bits per heavy atom. The van der Waals surface area contributed by atoms with Crippen molar-refractivity contribution in [1.82, 2.24) is 4.90 Å². The van der Waals surface area contributed by atoms with Gasteiger partial charge in [-0.2, -0.15) is 0 Å². The quantitative estimate of drug-likeness (QED) is 0.855. The number of benzene rings is 1. The highest BCUT2D eigenvalue weighted by atomic mass is 16.5. The zero-order valence-corrected chi connectivity index (χ0v) is 12.9. The van der Waals surface area contributed by atoms with E-state index in [4.69, 9.17) is 13.9 Å². The second-order valence-electron chi connectivity index (χ2n) is 5.58. The van der Waals surface area contributed by atoms with Gasteiger partial charge in [-0.15, -0.1) is 0 Å². The molecule has 118 valence electrons. The topological polar surface area (TPSA) is 64.3 Å². The highest BCUT2D eigenvalue weighted by Gasteiger charge is 2.34. The van der Waals surface area contributed by atoms with E-state index in [0.717, 1.165) is 11.3 Å². The molecule has 2 aliphatic heterocycles. The van der Waals surface area contributed by atoms with E-state index < -0.39 is 0 Å². The van der Waals surface area contributed by atoms with Gasteiger partial charge in [0.2, 0.25) is 0 Å². The van der Waals surface area contributed by atoms with Crippen LogP contribution >= 0.6 is 0 Å². The first-order valence-electron chi connectivity index (χ1n) is 7.37. The van der Waals surface area contributed by atoms with Gasteiger partial charge >= 0.3 is 0 Å². The summed E-state index contributed by atoms with van der Waals surface area (Å²) in [7, 11) is 3.12. The van der Waals surface area contributed by atoms with Gasteiger partial charge < -0.3 is 18.8 Å². The summed E-state index contributed by atoms with van der Waals surface area (Å²) < 4.78 is 16.1. The lowest BCUT2D eigenvalue weighted by molar-refractivity contribution is 0.0697. The van der Waals surface area contributed by atoms with Gasteiger partial charge in [0, 0.05) is 24.3 Å². The molecule has 23 heavy (non-hydrogen) atoms. The number of rotatable bonds is 2. The lowest BCUT2D eigenvalue weighted by Crippen LogP contribution is -2.44. The third kappa shape index (κ3) is 2.10. The highest BCUT2D eigenvalue weighted by molar-refractivity contribution is 6.03. The average Bonchev–Trinajstić information content (AvgIpc) is 2.99. The van der Waals surface area contributed by atoms with Crippen LogP contribution in [0.3, 0.4) is 0 Å². The number of hydrogen-bond donors (Lipinski definition) is 0. The Balaban J connectivity index is 1.80. The first kappa shape index (κ1) is 13.9. The summed E-state index contributed by atoms with van der Waals surface area (Å²) in [6, 6.07) is 5.24. The van der Waals surface area contributed by atoms with Gasteiger partial charge in [-0.3, -0.25) is 9.79 Å². The van der Waals surface area contributed by atoms with Crippen LogP contribution in [0.1, 0.15) is 21.7 Å². The molecule has 1 amide bonds. The summed E-state index contributed by atoms with van der Waals surface area (Å²) >= 11 is 0. The number of aliphatic imine (C=N–C) groups is 1. The van der Waals surface area contributed by atoms with E-state index in [0.29, 0.717) is 35.7 Å². The molecule has 0 bridgehead atoms. The number of furan rings is 1. The number of carbonyl (C=O) groups is 1. The van der Waals surface area contributed by atoms with E-state index >= 15 is 0 Å². The van der Waals surface area contributed by atoms with Crippen molar-refractivity contribution < 1.29 is 18.7 Å². The molecule has 1 atom stereocenters. The third-order valence-electron chi connectivity index (χ3n) is 4.35. The van der Waals surface area contributed by atoms with E-state index in [1.165, 1.54) is 0 Å². The smallest absolute Gasteiger partial charge is 0.257 e. The fourth-order valence-electron chi connectivity index (χ4n) is 3.11. The molecule has 6 nitrogen and oxygen atoms in total. The molecule has 4 rings (SSSR count). The number of amides is 1. The van der Waals surface area contributed by atoms with E-state index in [2.05, 4.69) is 4.99 Å². The molecule has 0 saturated carbocycles. The van der Waals surface area contributed by atoms with E-state index in [-0.39, 0.29) is 11.9 Å². The highest BCUT2D eigenvalue weighted by Crippen LogP contribution is 2.38. The number of fused-ring (bicyclic) bond motifs is 3. The van der Waals surface area contributed by atoms with Crippen LogP contribution in [0.4, 0.5) is 5.69 Å². The van der Waals surface area contributed by atoms with Crippen molar-refractivity contribution in [3.63, 3.8) is 0 Å². The molecule has 0 aliphatic carbocycles. The van der Waals surface area contributed by atoms with Crippen LogP contribution in [0.15, 0.2) is 33.9 Å². The summed E-state index contributed by atoms with van der Waals surface area (Å²) in [6.07, 6.45) is 4.11. The van der Waals surface area contributed by atoms with Crippen molar-refractivity contribution in [3.05, 3.63) is 41.3 Å². The molecule has 0 N–H and O–H groups in total. The fraction of sp³-hybridized carbons (Fsp3) is 0.294. The van der Waals surface area contributed by atoms with Crippen LogP contribution in [0.25, 0.3) is 0 Å². The Labute approximate surface area is 133 Å². The van der Waals surface area contributed by atoms with Gasteiger partial charge in [0.1, 0.15) is 5.76 Å². The van der Waals surface area contributed by atoms with Crippen molar-refractivity contribution >= 4 is 17.8 Å². The number of carbonyl (C=O) groups excluding carboxylic acids is 1. The largest absolute Gasteiger partial charge is 0.493 e. The number of nitrogens with zero attached hydrogens (tertiary/aromatic N) is 2. The van der Waals surface area contributed by atoms with Crippen LogP contribution in [0, 0.1) is 0 Å². The zero-order valence-electron chi connectivity index (χ0n) is 12.9. The number of ether oxygens (including phenoxy) is 2. The zero-order chi connectivity index (χ0) is 16.0. The minimum Gasteiger partial charge on any atom is -0.493 e. The minimum absolute atomic E-state index is 0.0599. The lowest BCUT2D eigenvalue weighted by atomic mass is 10.0. The fourth-order valence-corrected chi connectivity index (χ4v) is 3.11. The Kier molecular flexibility index (Phi) is 3.11. The summed E-state index contributed by atoms with van der Waals surface area (Å²) in [6.45, 7) is 0.523. The molecule has 0 radical (unpaired) electrons. The maximum atomic E-state index is 13.0. The SMILES string of the molecule is COc1cc2c(cc1OC)C(=O)N1Cc3ccoc3C[C@H]1C=N2. The molecule has 2 aliphatic rings. The third-order valence-corrected chi connectivity index (χ3v) is 4.35.